The van der Waals surface area contributed by atoms with E-state index in [0.717, 1.165) is 44.5 Å². The molecule has 130 valence electrons. The molecule has 0 radical (unpaired) electrons. The number of likely N-dealkylation sites (tertiary alicyclic amines) is 1. The summed E-state index contributed by atoms with van der Waals surface area (Å²) in [5.41, 5.74) is 0.231. The second kappa shape index (κ2) is 7.42. The monoisotopic (exact) mass is 344 g/mol. The average molecular weight is 344 g/mol. The molecule has 0 atom stereocenters. The van der Waals surface area contributed by atoms with Crippen molar-refractivity contribution >= 4 is 17.5 Å². The van der Waals surface area contributed by atoms with E-state index < -0.39 is 23.2 Å². The van der Waals surface area contributed by atoms with Crippen LogP contribution in [0, 0.1) is 11.6 Å². The van der Waals surface area contributed by atoms with Crippen molar-refractivity contribution in [3.05, 3.63) is 65.2 Å². The number of anilines is 1. The van der Waals surface area contributed by atoms with Gasteiger partial charge < -0.3 is 10.2 Å². The number of nitrogens with one attached hydrogen (secondary N) is 1. The number of nitrogens with zero attached hydrogens (tertiary/aromatic N) is 1. The Morgan fingerprint density at radius 1 is 0.840 bits per heavy atom. The van der Waals surface area contributed by atoms with Crippen LogP contribution in [0.3, 0.4) is 0 Å². The summed E-state index contributed by atoms with van der Waals surface area (Å²) in [7, 11) is 0. The molecule has 2 aromatic carbocycles. The number of carbonyl (C=O) groups is 2. The van der Waals surface area contributed by atoms with Crippen LogP contribution in [-0.2, 0) is 0 Å². The van der Waals surface area contributed by atoms with Gasteiger partial charge >= 0.3 is 0 Å². The summed E-state index contributed by atoms with van der Waals surface area (Å²) in [6.07, 6.45) is 3.14. The fraction of sp³-hybridized carbons (Fsp3) is 0.263. The van der Waals surface area contributed by atoms with Crippen LogP contribution in [0.15, 0.2) is 42.5 Å². The normalized spacial score (nSPS) is 14.2. The molecule has 1 heterocycles. The predicted octanol–water partition coefficient (Wildman–Crippen LogP) is 3.84. The minimum absolute atomic E-state index is 0.0631. The van der Waals surface area contributed by atoms with E-state index in [2.05, 4.69) is 5.32 Å². The Morgan fingerprint density at radius 2 is 1.40 bits per heavy atom. The quantitative estimate of drug-likeness (QED) is 0.920. The first-order valence-corrected chi connectivity index (χ1v) is 8.21. The van der Waals surface area contributed by atoms with E-state index in [1.165, 1.54) is 18.2 Å². The lowest BCUT2D eigenvalue weighted by molar-refractivity contribution is 0.0724. The van der Waals surface area contributed by atoms with Crippen molar-refractivity contribution in [1.82, 2.24) is 4.90 Å². The third-order valence-electron chi connectivity index (χ3n) is 4.24. The van der Waals surface area contributed by atoms with Crippen molar-refractivity contribution in [1.29, 1.82) is 0 Å². The standard InChI is InChI=1S/C19H18F2N2O2/c20-15-5-4-6-16(21)17(15)22-18(24)13-7-9-14(10-8-13)19(25)23-11-2-1-3-12-23/h4-10H,1-3,11-12H2,(H,22,24). The van der Waals surface area contributed by atoms with Crippen LogP contribution >= 0.6 is 0 Å². The molecule has 0 aliphatic carbocycles. The Labute approximate surface area is 144 Å². The van der Waals surface area contributed by atoms with E-state index >= 15 is 0 Å². The molecule has 1 N–H and O–H groups in total. The number of para-hydroxylation sites is 1. The molecular formula is C19H18F2N2O2. The first-order chi connectivity index (χ1) is 12.1. The van der Waals surface area contributed by atoms with Crippen molar-refractivity contribution in [2.75, 3.05) is 18.4 Å². The molecule has 0 aromatic heterocycles. The molecule has 0 unspecified atom stereocenters. The van der Waals surface area contributed by atoms with Gasteiger partial charge in [0.05, 0.1) is 0 Å². The number of benzene rings is 2. The van der Waals surface area contributed by atoms with Gasteiger partial charge in [-0.2, -0.15) is 0 Å². The molecule has 0 spiro atoms. The fourth-order valence-electron chi connectivity index (χ4n) is 2.85. The Balaban J connectivity index is 1.71. The van der Waals surface area contributed by atoms with Gasteiger partial charge in [-0.25, -0.2) is 8.78 Å². The van der Waals surface area contributed by atoms with Crippen molar-refractivity contribution < 1.29 is 18.4 Å². The SMILES string of the molecule is O=C(Nc1c(F)cccc1F)c1ccc(C(=O)N2CCCCC2)cc1. The Morgan fingerprint density at radius 3 is 2.00 bits per heavy atom. The van der Waals surface area contributed by atoms with E-state index in [4.69, 9.17) is 0 Å². The molecule has 1 aliphatic rings. The van der Waals surface area contributed by atoms with Crippen LogP contribution in [0.2, 0.25) is 0 Å². The molecule has 2 aromatic rings. The van der Waals surface area contributed by atoms with Crippen molar-refractivity contribution in [3.8, 4) is 0 Å². The van der Waals surface area contributed by atoms with Crippen molar-refractivity contribution in [2.24, 2.45) is 0 Å². The number of amides is 2. The van der Waals surface area contributed by atoms with Crippen LogP contribution < -0.4 is 5.32 Å². The summed E-state index contributed by atoms with van der Waals surface area (Å²) in [6, 6.07) is 9.43. The molecule has 4 nitrogen and oxygen atoms in total. The number of carbonyl (C=O) groups excluding carboxylic acids is 2. The zero-order valence-corrected chi connectivity index (χ0v) is 13.6. The third kappa shape index (κ3) is 3.84. The topological polar surface area (TPSA) is 49.4 Å². The van der Waals surface area contributed by atoms with Gasteiger partial charge in [-0.05, 0) is 55.7 Å². The minimum atomic E-state index is -0.842. The lowest BCUT2D eigenvalue weighted by Crippen LogP contribution is -2.35. The highest BCUT2D eigenvalue weighted by Crippen LogP contribution is 2.19. The minimum Gasteiger partial charge on any atom is -0.339 e. The van der Waals surface area contributed by atoms with Gasteiger partial charge in [0, 0.05) is 24.2 Å². The number of hydrogen-bond acceptors (Lipinski definition) is 2. The number of halogens is 2. The summed E-state index contributed by atoms with van der Waals surface area (Å²) in [5, 5.41) is 2.22. The smallest absolute Gasteiger partial charge is 0.255 e. The molecule has 1 aliphatic heterocycles. The van der Waals surface area contributed by atoms with Gasteiger partial charge in [0.2, 0.25) is 0 Å². The van der Waals surface area contributed by atoms with Crippen LogP contribution in [-0.4, -0.2) is 29.8 Å². The third-order valence-corrected chi connectivity index (χ3v) is 4.24. The summed E-state index contributed by atoms with van der Waals surface area (Å²) in [4.78, 5) is 26.3. The second-order valence-electron chi connectivity index (χ2n) is 5.98. The predicted molar refractivity (Wildman–Crippen MR) is 90.5 cm³/mol. The van der Waals surface area contributed by atoms with E-state index in [1.54, 1.807) is 17.0 Å². The van der Waals surface area contributed by atoms with E-state index in [0.29, 0.717) is 5.56 Å². The Bertz CT molecular complexity index is 764. The Hall–Kier alpha value is -2.76. The van der Waals surface area contributed by atoms with E-state index in [9.17, 15) is 18.4 Å². The number of hydrogen-bond donors (Lipinski definition) is 1. The number of rotatable bonds is 3. The van der Waals surface area contributed by atoms with E-state index in [-0.39, 0.29) is 11.5 Å². The first kappa shape index (κ1) is 17.1. The molecule has 0 saturated carbocycles. The van der Waals surface area contributed by atoms with Gasteiger partial charge in [0.1, 0.15) is 17.3 Å². The lowest BCUT2D eigenvalue weighted by Gasteiger charge is -2.26. The summed E-state index contributed by atoms with van der Waals surface area (Å²) < 4.78 is 27.2. The highest BCUT2D eigenvalue weighted by Gasteiger charge is 2.19. The highest BCUT2D eigenvalue weighted by atomic mass is 19.1. The first-order valence-electron chi connectivity index (χ1n) is 8.21. The molecule has 1 fully saturated rings. The van der Waals surface area contributed by atoms with Crippen LogP contribution in [0.4, 0.5) is 14.5 Å². The second-order valence-corrected chi connectivity index (χ2v) is 5.98. The maximum atomic E-state index is 13.6. The lowest BCUT2D eigenvalue weighted by atomic mass is 10.1. The number of piperidine rings is 1. The fourth-order valence-corrected chi connectivity index (χ4v) is 2.85. The van der Waals surface area contributed by atoms with Crippen LogP contribution in [0.5, 0.6) is 0 Å². The van der Waals surface area contributed by atoms with E-state index in [1.807, 2.05) is 0 Å². The average Bonchev–Trinajstić information content (AvgIpc) is 2.65. The zero-order valence-electron chi connectivity index (χ0n) is 13.6. The van der Waals surface area contributed by atoms with Gasteiger partial charge in [-0.3, -0.25) is 9.59 Å². The van der Waals surface area contributed by atoms with Gasteiger partial charge in [-0.1, -0.05) is 6.07 Å². The van der Waals surface area contributed by atoms with Crippen LogP contribution in [0.1, 0.15) is 40.0 Å². The molecule has 3 rings (SSSR count). The summed E-state index contributed by atoms with van der Waals surface area (Å²) >= 11 is 0. The van der Waals surface area contributed by atoms with Crippen molar-refractivity contribution in [3.63, 3.8) is 0 Å². The van der Waals surface area contributed by atoms with Crippen LogP contribution in [0.25, 0.3) is 0 Å². The molecular weight excluding hydrogens is 326 g/mol. The molecule has 6 heteroatoms. The Kier molecular flexibility index (Phi) is 5.07. The zero-order chi connectivity index (χ0) is 17.8. The van der Waals surface area contributed by atoms with Crippen molar-refractivity contribution in [2.45, 2.75) is 19.3 Å². The maximum Gasteiger partial charge on any atom is 0.255 e. The summed E-state index contributed by atoms with van der Waals surface area (Å²) in [5.74, 6) is -2.39. The van der Waals surface area contributed by atoms with Gasteiger partial charge in [0.25, 0.3) is 11.8 Å². The van der Waals surface area contributed by atoms with Gasteiger partial charge in [-0.15, -0.1) is 0 Å². The largest absolute Gasteiger partial charge is 0.339 e. The molecule has 25 heavy (non-hydrogen) atoms. The molecule has 0 bridgehead atoms. The summed E-state index contributed by atoms with van der Waals surface area (Å²) in [6.45, 7) is 1.49. The molecule has 2 amide bonds. The maximum absolute atomic E-state index is 13.6. The highest BCUT2D eigenvalue weighted by molar-refractivity contribution is 6.05. The van der Waals surface area contributed by atoms with Gasteiger partial charge in [0.15, 0.2) is 0 Å². The molecule has 1 saturated heterocycles.